The van der Waals surface area contributed by atoms with Crippen LogP contribution in [-0.2, 0) is 25.4 Å². The molecule has 2 unspecified atom stereocenters. The summed E-state index contributed by atoms with van der Waals surface area (Å²) in [6.45, 7) is 5.78. The van der Waals surface area contributed by atoms with Gasteiger partial charge in [0.1, 0.15) is 53.6 Å². The van der Waals surface area contributed by atoms with Crippen molar-refractivity contribution < 1.29 is 51.5 Å². The molecule has 0 spiro atoms. The van der Waals surface area contributed by atoms with Crippen molar-refractivity contribution in [2.75, 3.05) is 27.8 Å². The summed E-state index contributed by atoms with van der Waals surface area (Å²) >= 11 is 4.24. The van der Waals surface area contributed by atoms with E-state index in [-0.39, 0.29) is 24.3 Å². The largest absolute Gasteiger partial charge is 0.385 e. The van der Waals surface area contributed by atoms with Gasteiger partial charge in [-0.2, -0.15) is 0 Å². The summed E-state index contributed by atoms with van der Waals surface area (Å²) in [6, 6.07) is 8.63. The summed E-state index contributed by atoms with van der Waals surface area (Å²) < 4.78 is 86.4. The van der Waals surface area contributed by atoms with E-state index in [2.05, 4.69) is 53.2 Å². The van der Waals surface area contributed by atoms with Gasteiger partial charge in [-0.25, -0.2) is 26.3 Å². The second-order valence-corrected chi connectivity index (χ2v) is 11.8. The maximum atomic E-state index is 12.8. The third-order valence-corrected chi connectivity index (χ3v) is 7.44. The molecule has 0 aliphatic carbocycles. The standard InChI is InChI=1S/C11H13F2NO.C11H11F2NO.C7H4F2O.C5H11NO2P.I2.H2/c2*1-7(15)11(14-2)5-8-3-9(12)6-10(13)4-8;8-6-1-5(4-10)2-7(9)3-6;1-4(7)5(6-2)9(3)8;1-2;/h3-4,6,11,14H,5H2,1-2H3;3-6,14H,1-2H3;1-4H;5-6H,1-3H3;;1H/q;;;+1;;/b;11-5-;;;;/t11-;;;;;/m0...../s1. The number of carbonyl (C=O) groups excluding carboxylic acids is 4. The van der Waals surface area contributed by atoms with E-state index >= 15 is 0 Å². The summed E-state index contributed by atoms with van der Waals surface area (Å²) in [6.07, 6.45) is 2.08. The van der Waals surface area contributed by atoms with Crippen LogP contribution in [0.25, 0.3) is 6.08 Å². The van der Waals surface area contributed by atoms with Crippen molar-refractivity contribution in [3.8, 4) is 0 Å². The predicted octanol–water partition coefficient (Wildman–Crippen LogP) is 8.17. The first-order valence-electron chi connectivity index (χ1n) is 14.5. The van der Waals surface area contributed by atoms with Crippen LogP contribution in [0.1, 0.15) is 43.7 Å². The zero-order valence-electron chi connectivity index (χ0n) is 28.7. The van der Waals surface area contributed by atoms with Crippen LogP contribution in [0.2, 0.25) is 0 Å². The van der Waals surface area contributed by atoms with Gasteiger partial charge in [-0.15, -0.1) is 0 Å². The Bertz CT molecular complexity index is 1580. The normalized spacial score (nSPS) is 11.6. The predicted molar refractivity (Wildman–Crippen MR) is 207 cm³/mol. The Morgan fingerprint density at radius 2 is 1.10 bits per heavy atom. The molecule has 282 valence electrons. The van der Waals surface area contributed by atoms with Gasteiger partial charge in [-0.1, -0.05) is 4.57 Å². The molecule has 0 saturated carbocycles. The molecule has 0 aliphatic heterocycles. The Morgan fingerprint density at radius 1 is 0.706 bits per heavy atom. The number of hydrogen-bond acceptors (Lipinski definition) is 8. The van der Waals surface area contributed by atoms with Crippen molar-refractivity contribution in [3.63, 3.8) is 0 Å². The van der Waals surface area contributed by atoms with E-state index in [0.717, 1.165) is 36.4 Å². The third kappa shape index (κ3) is 22.5. The second-order valence-electron chi connectivity index (χ2n) is 10.2. The molecule has 8 nitrogen and oxygen atoms in total. The molecule has 0 bridgehead atoms. The van der Waals surface area contributed by atoms with Crippen molar-refractivity contribution in [2.24, 2.45) is 0 Å². The van der Waals surface area contributed by atoms with Crippen LogP contribution in [-0.4, -0.2) is 63.3 Å². The smallest absolute Gasteiger partial charge is 0.362 e. The van der Waals surface area contributed by atoms with Gasteiger partial charge in [0.25, 0.3) is 5.78 Å². The monoisotopic (exact) mass is 970 g/mol. The van der Waals surface area contributed by atoms with Gasteiger partial charge >= 0.3 is 7.80 Å². The zero-order chi connectivity index (χ0) is 39.8. The van der Waals surface area contributed by atoms with Crippen molar-refractivity contribution in [2.45, 2.75) is 39.0 Å². The lowest BCUT2D eigenvalue weighted by molar-refractivity contribution is -0.119. The molecule has 0 amide bonds. The SMILES string of the molecule is CN/C(=C\c1cc(F)cc(F)c1)C(C)=O.CNC(C(C)=O)[P+](C)=O.CN[C@@H](Cc1cc(F)cc(F)c1)C(C)=O.II.O=Cc1cc(F)cc(F)c1.[HH]. The maximum Gasteiger partial charge on any atom is 0.362 e. The van der Waals surface area contributed by atoms with Crippen LogP contribution in [0, 0.1) is 34.9 Å². The fraction of sp³-hybridized carbons (Fsp3) is 0.294. The first-order valence-corrected chi connectivity index (χ1v) is 22.6. The topological polar surface area (TPSA) is 121 Å². The quantitative estimate of drug-likeness (QED) is 0.0579. The molecule has 0 fully saturated rings. The number of ketones is 3. The Kier molecular flexibility index (Phi) is 27.1. The third-order valence-electron chi connectivity index (χ3n) is 6.09. The first kappa shape index (κ1) is 50.0. The highest BCUT2D eigenvalue weighted by atomic mass is 128. The van der Waals surface area contributed by atoms with Crippen molar-refractivity contribution >= 4 is 74.7 Å². The van der Waals surface area contributed by atoms with Gasteiger partial charge in [0.15, 0.2) is 11.6 Å². The van der Waals surface area contributed by atoms with Crippen LogP contribution in [0.5, 0.6) is 0 Å². The molecule has 0 aromatic heterocycles. The molecule has 3 aromatic rings. The second kappa shape index (κ2) is 27.6. The van der Waals surface area contributed by atoms with Crippen LogP contribution in [0.15, 0.2) is 60.3 Å². The molecule has 3 rings (SSSR count). The number of nitrogens with one attached hydrogen (secondary N) is 3. The number of hydrogen-bond donors (Lipinski definition) is 3. The van der Waals surface area contributed by atoms with Crippen LogP contribution in [0.4, 0.5) is 26.3 Å². The number of likely N-dealkylation sites (N-methyl/N-ethyl adjacent to an activating group) is 3. The Labute approximate surface area is 319 Å². The number of carbonyl (C=O) groups is 4. The minimum Gasteiger partial charge on any atom is -0.385 e. The summed E-state index contributed by atoms with van der Waals surface area (Å²) in [5.74, 6) is -4.82. The fourth-order valence-corrected chi connectivity index (χ4v) is 4.75. The molecule has 0 aliphatic rings. The summed E-state index contributed by atoms with van der Waals surface area (Å²) in [4.78, 5) is 42.7. The Balaban J connectivity index is -0.000000615. The highest BCUT2D eigenvalue weighted by Crippen LogP contribution is 2.20. The number of halogens is 8. The molecule has 3 atom stereocenters. The average Bonchev–Trinajstić information content (AvgIpc) is 3.02. The number of Topliss-reactive ketones (excluding diaryl/α,β-unsaturated/α-hetero) is 3. The Hall–Kier alpha value is -3.06. The van der Waals surface area contributed by atoms with Gasteiger partial charge in [0, 0.05) is 83.3 Å². The van der Waals surface area contributed by atoms with Crippen molar-refractivity contribution in [1.29, 1.82) is 0 Å². The van der Waals surface area contributed by atoms with Gasteiger partial charge in [-0.3, -0.25) is 24.5 Å². The Morgan fingerprint density at radius 3 is 1.35 bits per heavy atom. The van der Waals surface area contributed by atoms with Gasteiger partial charge in [0.2, 0.25) is 0 Å². The van der Waals surface area contributed by atoms with E-state index in [9.17, 15) is 50.1 Å². The van der Waals surface area contributed by atoms with E-state index < -0.39 is 54.5 Å². The summed E-state index contributed by atoms with van der Waals surface area (Å²) in [5.41, 5.74) is 1.10. The van der Waals surface area contributed by atoms with E-state index in [0.29, 0.717) is 35.6 Å². The highest BCUT2D eigenvalue weighted by molar-refractivity contribution is 15.0. The molecular weight excluding hydrogens is 929 g/mol. The molecule has 17 heteroatoms. The van der Waals surface area contributed by atoms with Crippen LogP contribution >= 0.6 is 45.0 Å². The summed E-state index contributed by atoms with van der Waals surface area (Å²) in [5, 5.41) is 8.12. The minimum absolute atomic E-state index is 0. The van der Waals surface area contributed by atoms with Crippen LogP contribution in [0.3, 0.4) is 0 Å². The van der Waals surface area contributed by atoms with Crippen molar-refractivity contribution in [1.82, 2.24) is 16.0 Å². The molecule has 3 aromatic carbocycles. The fourth-order valence-electron chi connectivity index (χ4n) is 3.87. The molecule has 0 saturated heterocycles. The molecule has 3 N–H and O–H groups in total. The lowest BCUT2D eigenvalue weighted by Gasteiger charge is -2.12. The van der Waals surface area contributed by atoms with Gasteiger partial charge in [-0.05, 0) is 81.0 Å². The molecule has 0 heterocycles. The summed E-state index contributed by atoms with van der Waals surface area (Å²) in [7, 11) is 3.43. The minimum atomic E-state index is -1.41. The molecule has 0 radical (unpaired) electrons. The maximum absolute atomic E-state index is 12.8. The lowest BCUT2D eigenvalue weighted by Crippen LogP contribution is -2.34. The first-order chi connectivity index (χ1) is 23.9. The van der Waals surface area contributed by atoms with Crippen LogP contribution < -0.4 is 16.0 Å². The lowest BCUT2D eigenvalue weighted by atomic mass is 10.0. The van der Waals surface area contributed by atoms with E-state index in [4.69, 9.17) is 0 Å². The van der Waals surface area contributed by atoms with E-state index in [1.807, 2.05) is 0 Å². The number of rotatable bonds is 11. The average molecular weight is 970 g/mol. The number of aldehydes is 1. The number of benzene rings is 3. The number of allylic oxidation sites excluding steroid dienone is 1. The van der Waals surface area contributed by atoms with E-state index in [1.54, 1.807) is 21.1 Å². The molecule has 51 heavy (non-hydrogen) atoms. The van der Waals surface area contributed by atoms with Crippen molar-refractivity contribution in [3.05, 3.63) is 112 Å². The van der Waals surface area contributed by atoms with E-state index in [1.165, 1.54) is 45.6 Å². The molecular formula is C34H41F6I2N3O5P+. The van der Waals surface area contributed by atoms with Gasteiger partial charge in [0.05, 0.1) is 11.7 Å². The highest BCUT2D eigenvalue weighted by Gasteiger charge is 2.27. The van der Waals surface area contributed by atoms with Gasteiger partial charge < -0.3 is 10.6 Å². The zero-order valence-corrected chi connectivity index (χ0v) is 33.9.